The van der Waals surface area contributed by atoms with Crippen LogP contribution in [0.5, 0.6) is 17.2 Å². The van der Waals surface area contributed by atoms with Gasteiger partial charge in [0.25, 0.3) is 0 Å². The maximum absolute atomic E-state index is 12.5. The number of carbonyl (C=O) groups is 1. The molecule has 3 aromatic rings. The monoisotopic (exact) mass is 461 g/mol. The lowest BCUT2D eigenvalue weighted by atomic mass is 10.1. The van der Waals surface area contributed by atoms with E-state index in [4.69, 9.17) is 14.2 Å². The molecule has 7 heteroatoms. The van der Waals surface area contributed by atoms with E-state index in [0.29, 0.717) is 11.4 Å². The molecule has 7 nitrogen and oxygen atoms in total. The summed E-state index contributed by atoms with van der Waals surface area (Å²) in [5.41, 5.74) is 1.65. The standard InChI is InChI=1S/C27H31N3O4/c1-20(2)33-27(31)24-8-6-14-28-26(24)30-17-15-29(16-18-30)19-21-7-4-5-9-25(21)34-23-12-10-22(32-3)11-13-23/h4-14,20H,15-19H2,1-3H3. The highest BCUT2D eigenvalue weighted by molar-refractivity contribution is 5.94. The highest BCUT2D eigenvalue weighted by Crippen LogP contribution is 2.28. The zero-order valence-corrected chi connectivity index (χ0v) is 19.9. The summed E-state index contributed by atoms with van der Waals surface area (Å²) in [6.07, 6.45) is 1.55. The smallest absolute Gasteiger partial charge is 0.342 e. The van der Waals surface area contributed by atoms with Gasteiger partial charge in [-0.3, -0.25) is 4.90 Å². The lowest BCUT2D eigenvalue weighted by Gasteiger charge is -2.36. The quantitative estimate of drug-likeness (QED) is 0.448. The summed E-state index contributed by atoms with van der Waals surface area (Å²) in [5.74, 6) is 2.78. The third kappa shape index (κ3) is 5.85. The molecule has 2 aromatic carbocycles. The van der Waals surface area contributed by atoms with E-state index in [1.165, 1.54) is 0 Å². The van der Waals surface area contributed by atoms with E-state index in [1.54, 1.807) is 25.4 Å². The van der Waals surface area contributed by atoms with E-state index in [0.717, 1.165) is 55.5 Å². The molecule has 0 amide bonds. The van der Waals surface area contributed by atoms with Crippen molar-refractivity contribution < 1.29 is 19.0 Å². The number of nitrogens with zero attached hydrogens (tertiary/aromatic N) is 3. The van der Waals surface area contributed by atoms with Crippen LogP contribution in [0, 0.1) is 0 Å². The summed E-state index contributed by atoms with van der Waals surface area (Å²) in [6.45, 7) is 7.75. The summed E-state index contributed by atoms with van der Waals surface area (Å²) < 4.78 is 16.8. The molecule has 0 spiro atoms. The maximum atomic E-state index is 12.5. The highest BCUT2D eigenvalue weighted by Gasteiger charge is 2.24. The minimum Gasteiger partial charge on any atom is -0.497 e. The average Bonchev–Trinajstić information content (AvgIpc) is 2.86. The van der Waals surface area contributed by atoms with Crippen molar-refractivity contribution in [3.63, 3.8) is 0 Å². The molecular formula is C27H31N3O4. The first-order chi connectivity index (χ1) is 16.5. The van der Waals surface area contributed by atoms with Gasteiger partial charge in [-0.25, -0.2) is 9.78 Å². The summed E-state index contributed by atoms with van der Waals surface area (Å²) >= 11 is 0. The number of methoxy groups -OCH3 is 1. The molecule has 0 bridgehead atoms. The van der Waals surface area contributed by atoms with Crippen LogP contribution in [0.25, 0.3) is 0 Å². The normalized spacial score (nSPS) is 14.2. The third-order valence-corrected chi connectivity index (χ3v) is 5.67. The molecule has 0 atom stereocenters. The van der Waals surface area contributed by atoms with E-state index in [2.05, 4.69) is 20.9 Å². The molecular weight excluding hydrogens is 430 g/mol. The fraction of sp³-hybridized carbons (Fsp3) is 0.333. The minimum absolute atomic E-state index is 0.169. The molecule has 1 aliphatic rings. The molecule has 4 rings (SSSR count). The molecule has 1 aromatic heterocycles. The largest absolute Gasteiger partial charge is 0.497 e. The van der Waals surface area contributed by atoms with Gasteiger partial charge < -0.3 is 19.1 Å². The maximum Gasteiger partial charge on any atom is 0.342 e. The average molecular weight is 462 g/mol. The van der Waals surface area contributed by atoms with E-state index in [-0.39, 0.29) is 12.1 Å². The number of ether oxygens (including phenoxy) is 3. The van der Waals surface area contributed by atoms with Gasteiger partial charge in [0.2, 0.25) is 0 Å². The van der Waals surface area contributed by atoms with E-state index < -0.39 is 0 Å². The molecule has 0 aliphatic carbocycles. The zero-order valence-electron chi connectivity index (χ0n) is 19.9. The molecule has 178 valence electrons. The van der Waals surface area contributed by atoms with Gasteiger partial charge in [0, 0.05) is 44.5 Å². The Labute approximate surface area is 200 Å². The molecule has 2 heterocycles. The van der Waals surface area contributed by atoms with Crippen molar-refractivity contribution in [2.45, 2.75) is 26.5 Å². The van der Waals surface area contributed by atoms with Crippen molar-refractivity contribution >= 4 is 11.8 Å². The van der Waals surface area contributed by atoms with Crippen LogP contribution < -0.4 is 14.4 Å². The number of aromatic nitrogens is 1. The van der Waals surface area contributed by atoms with Crippen LogP contribution in [0.2, 0.25) is 0 Å². The number of piperazine rings is 1. The van der Waals surface area contributed by atoms with E-state index in [1.807, 2.05) is 56.3 Å². The van der Waals surface area contributed by atoms with Crippen molar-refractivity contribution in [3.8, 4) is 17.2 Å². The van der Waals surface area contributed by atoms with Gasteiger partial charge in [-0.05, 0) is 56.3 Å². The first kappa shape index (κ1) is 23.6. The SMILES string of the molecule is COc1ccc(Oc2ccccc2CN2CCN(c3ncccc3C(=O)OC(C)C)CC2)cc1. The van der Waals surface area contributed by atoms with Crippen molar-refractivity contribution in [2.24, 2.45) is 0 Å². The van der Waals surface area contributed by atoms with Crippen molar-refractivity contribution in [1.82, 2.24) is 9.88 Å². The lowest BCUT2D eigenvalue weighted by molar-refractivity contribution is 0.0378. The van der Waals surface area contributed by atoms with Crippen molar-refractivity contribution in [3.05, 3.63) is 78.0 Å². The van der Waals surface area contributed by atoms with E-state index in [9.17, 15) is 4.79 Å². The Kier molecular flexibility index (Phi) is 7.65. The first-order valence-electron chi connectivity index (χ1n) is 11.6. The van der Waals surface area contributed by atoms with Gasteiger partial charge in [-0.1, -0.05) is 18.2 Å². The second-order valence-electron chi connectivity index (χ2n) is 8.48. The van der Waals surface area contributed by atoms with Crippen LogP contribution in [0.15, 0.2) is 66.9 Å². The highest BCUT2D eigenvalue weighted by atomic mass is 16.5. The van der Waals surface area contributed by atoms with Crippen molar-refractivity contribution in [1.29, 1.82) is 0 Å². The number of esters is 1. The van der Waals surface area contributed by atoms with Gasteiger partial charge >= 0.3 is 5.97 Å². The predicted molar refractivity (Wildman–Crippen MR) is 132 cm³/mol. The molecule has 0 saturated carbocycles. The van der Waals surface area contributed by atoms with Gasteiger partial charge in [-0.2, -0.15) is 0 Å². The third-order valence-electron chi connectivity index (χ3n) is 5.67. The van der Waals surface area contributed by atoms with Crippen LogP contribution in [0.3, 0.4) is 0 Å². The first-order valence-corrected chi connectivity index (χ1v) is 11.6. The molecule has 1 saturated heterocycles. The lowest BCUT2D eigenvalue weighted by Crippen LogP contribution is -2.46. The summed E-state index contributed by atoms with van der Waals surface area (Å²) in [5, 5.41) is 0. The summed E-state index contributed by atoms with van der Waals surface area (Å²) in [4.78, 5) is 21.6. The second kappa shape index (κ2) is 11.0. The second-order valence-corrected chi connectivity index (χ2v) is 8.48. The van der Waals surface area contributed by atoms with Crippen LogP contribution in [-0.2, 0) is 11.3 Å². The zero-order chi connectivity index (χ0) is 23.9. The van der Waals surface area contributed by atoms with Crippen LogP contribution in [0.4, 0.5) is 5.82 Å². The minimum atomic E-state index is -0.329. The molecule has 34 heavy (non-hydrogen) atoms. The Balaban J connectivity index is 1.39. The summed E-state index contributed by atoms with van der Waals surface area (Å²) in [7, 11) is 1.65. The number of carbonyl (C=O) groups excluding carboxylic acids is 1. The van der Waals surface area contributed by atoms with Gasteiger partial charge in [0.1, 0.15) is 28.6 Å². The Hall–Kier alpha value is -3.58. The molecule has 0 radical (unpaired) electrons. The molecule has 1 fully saturated rings. The number of hydrogen-bond donors (Lipinski definition) is 0. The topological polar surface area (TPSA) is 64.1 Å². The van der Waals surface area contributed by atoms with Gasteiger partial charge in [0.05, 0.1) is 13.2 Å². The predicted octanol–water partition coefficient (Wildman–Crippen LogP) is 4.77. The van der Waals surface area contributed by atoms with Crippen LogP contribution in [-0.4, -0.2) is 55.2 Å². The van der Waals surface area contributed by atoms with Gasteiger partial charge in [-0.15, -0.1) is 0 Å². The van der Waals surface area contributed by atoms with Crippen LogP contribution >= 0.6 is 0 Å². The fourth-order valence-corrected chi connectivity index (χ4v) is 3.95. The van der Waals surface area contributed by atoms with Crippen LogP contribution in [0.1, 0.15) is 29.8 Å². The Morgan fingerprint density at radius 3 is 2.35 bits per heavy atom. The summed E-state index contributed by atoms with van der Waals surface area (Å²) in [6, 6.07) is 19.3. The Morgan fingerprint density at radius 2 is 1.65 bits per heavy atom. The molecule has 0 unspecified atom stereocenters. The number of benzene rings is 2. The number of pyridine rings is 1. The fourth-order valence-electron chi connectivity index (χ4n) is 3.95. The number of hydrogen-bond acceptors (Lipinski definition) is 7. The van der Waals surface area contributed by atoms with Crippen molar-refractivity contribution in [2.75, 3.05) is 38.2 Å². The Bertz CT molecular complexity index is 1090. The number of para-hydroxylation sites is 1. The number of anilines is 1. The molecule has 1 aliphatic heterocycles. The van der Waals surface area contributed by atoms with Gasteiger partial charge in [0.15, 0.2) is 0 Å². The number of rotatable bonds is 8. The molecule has 0 N–H and O–H groups in total. The van der Waals surface area contributed by atoms with E-state index >= 15 is 0 Å². The Morgan fingerprint density at radius 1 is 0.941 bits per heavy atom.